The summed E-state index contributed by atoms with van der Waals surface area (Å²) in [5.41, 5.74) is 11.7. The molecule has 2 aromatic heterocycles. The van der Waals surface area contributed by atoms with Gasteiger partial charge >= 0.3 is 261 Å². The van der Waals surface area contributed by atoms with Gasteiger partial charge in [-0.05, 0) is 0 Å². The molecular formula is C43H46Ge2N2O. The van der Waals surface area contributed by atoms with Gasteiger partial charge in [0.15, 0.2) is 0 Å². The van der Waals surface area contributed by atoms with E-state index in [4.69, 9.17) is 9.40 Å². The third kappa shape index (κ3) is 4.95. The van der Waals surface area contributed by atoms with Crippen molar-refractivity contribution < 1.29 is 4.42 Å². The van der Waals surface area contributed by atoms with Gasteiger partial charge in [-0.3, -0.25) is 0 Å². The van der Waals surface area contributed by atoms with Gasteiger partial charge in [0.1, 0.15) is 0 Å². The Kier molecular flexibility index (Phi) is 7.61. The van der Waals surface area contributed by atoms with Crippen LogP contribution in [-0.4, -0.2) is 36.1 Å². The van der Waals surface area contributed by atoms with Crippen molar-refractivity contribution in [3.05, 3.63) is 108 Å². The zero-order valence-electron chi connectivity index (χ0n) is 29.6. The van der Waals surface area contributed by atoms with Crippen molar-refractivity contribution in [2.45, 2.75) is 73.1 Å². The molecule has 5 heteroatoms. The van der Waals surface area contributed by atoms with Gasteiger partial charge in [-0.1, -0.05) is 30.3 Å². The molecule has 0 radical (unpaired) electrons. The third-order valence-electron chi connectivity index (χ3n) is 11.0. The second kappa shape index (κ2) is 11.5. The number of nitrogens with zero attached hydrogens (tertiary/aromatic N) is 2. The summed E-state index contributed by atoms with van der Waals surface area (Å²) in [6.45, 7) is 9.27. The molecule has 1 aliphatic rings. The van der Waals surface area contributed by atoms with Crippen molar-refractivity contribution >= 4 is 68.3 Å². The van der Waals surface area contributed by atoms with Crippen LogP contribution in [0.5, 0.6) is 0 Å². The summed E-state index contributed by atoms with van der Waals surface area (Å²) in [5.74, 6) is 12.0. The molecule has 0 saturated carbocycles. The van der Waals surface area contributed by atoms with Crippen molar-refractivity contribution in [2.75, 3.05) is 0 Å². The van der Waals surface area contributed by atoms with E-state index in [1.807, 2.05) is 0 Å². The molecule has 0 spiro atoms. The standard InChI is InChI=1S/C43H46Ge2N2O/c1-27(2)34-25-30(29-15-10-9-11-16-29)26-35(28(3)4)40(34)47-38-20-13-12-19-37(38)46-43(47)33-18-14-17-31-32-21-22-36-39(42(32)48-41(31)33)45(7,8)24-23-44(36,5)6/h9-22,25-28H,23-24H2,1-8H3. The van der Waals surface area contributed by atoms with Crippen LogP contribution in [-0.2, 0) is 0 Å². The molecule has 0 unspecified atom stereocenters. The van der Waals surface area contributed by atoms with Crippen molar-refractivity contribution in [1.82, 2.24) is 9.55 Å². The Balaban J connectivity index is 1.46. The average Bonchev–Trinajstić information content (AvgIpc) is 3.65. The fourth-order valence-corrected chi connectivity index (χ4v) is 39.1. The maximum absolute atomic E-state index is 7.21. The van der Waals surface area contributed by atoms with Crippen LogP contribution in [0, 0.1) is 0 Å². The summed E-state index contributed by atoms with van der Waals surface area (Å²) in [7, 11) is 0. The first kappa shape index (κ1) is 31.7. The monoisotopic (exact) mass is 754 g/mol. The van der Waals surface area contributed by atoms with E-state index in [1.165, 1.54) is 54.8 Å². The number of furan rings is 1. The van der Waals surface area contributed by atoms with Gasteiger partial charge in [-0.25, -0.2) is 0 Å². The fourth-order valence-electron chi connectivity index (χ4n) is 8.21. The number of aromatic nitrogens is 2. The van der Waals surface area contributed by atoms with Gasteiger partial charge < -0.3 is 0 Å². The second-order valence-electron chi connectivity index (χ2n) is 15.9. The Morgan fingerprint density at radius 3 is 2.00 bits per heavy atom. The van der Waals surface area contributed by atoms with Gasteiger partial charge in [0, 0.05) is 0 Å². The van der Waals surface area contributed by atoms with Gasteiger partial charge in [0.25, 0.3) is 0 Å². The topological polar surface area (TPSA) is 31.0 Å². The molecule has 7 aromatic rings. The molecule has 0 bridgehead atoms. The summed E-state index contributed by atoms with van der Waals surface area (Å²) in [6, 6.07) is 35.8. The Hall–Kier alpha value is -3.54. The number of rotatable bonds is 5. The zero-order chi connectivity index (χ0) is 33.5. The number of para-hydroxylation sites is 3. The average molecular weight is 752 g/mol. The molecule has 48 heavy (non-hydrogen) atoms. The van der Waals surface area contributed by atoms with E-state index >= 15 is 0 Å². The summed E-state index contributed by atoms with van der Waals surface area (Å²) in [4.78, 5) is 5.42. The maximum atomic E-state index is 7.21. The first-order valence-corrected chi connectivity index (χ1v) is 31.1. The zero-order valence-corrected chi connectivity index (χ0v) is 33.8. The predicted octanol–water partition coefficient (Wildman–Crippen LogP) is 11.4. The first-order valence-electron chi connectivity index (χ1n) is 17.7. The van der Waals surface area contributed by atoms with Crippen LogP contribution in [0.25, 0.3) is 61.2 Å². The molecule has 8 rings (SSSR count). The van der Waals surface area contributed by atoms with E-state index < -0.39 is 26.5 Å². The minimum absolute atomic E-state index is 0.312. The molecule has 0 atom stereocenters. The van der Waals surface area contributed by atoms with Crippen LogP contribution in [0.15, 0.2) is 101 Å². The number of benzene rings is 5. The minimum atomic E-state index is -2.26. The molecule has 1 aliphatic heterocycles. The van der Waals surface area contributed by atoms with E-state index in [-0.39, 0.29) is 0 Å². The molecule has 0 fully saturated rings. The molecule has 0 aliphatic carbocycles. The van der Waals surface area contributed by atoms with Crippen LogP contribution in [0.1, 0.15) is 50.7 Å². The number of hydrogen-bond donors (Lipinski definition) is 0. The fraction of sp³-hybridized carbons (Fsp3) is 0.279. The van der Waals surface area contributed by atoms with E-state index in [1.54, 1.807) is 8.79 Å². The van der Waals surface area contributed by atoms with Crippen molar-refractivity contribution in [3.8, 4) is 28.2 Å². The molecule has 3 nitrogen and oxygen atoms in total. The Morgan fingerprint density at radius 2 is 1.29 bits per heavy atom. The molecule has 3 heterocycles. The number of fused-ring (bicyclic) bond motifs is 6. The van der Waals surface area contributed by atoms with Crippen molar-refractivity contribution in [3.63, 3.8) is 0 Å². The number of hydrogen-bond acceptors (Lipinski definition) is 2. The SMILES string of the molecule is CC(C)c1cc(-c2ccccc2)cc(C(C)C)c1-n1c(-c2cccc3c2oc2[c]4[c](ccc23)[Ge]([CH3])([CH3])[CH2][CH2][Ge]4([CH3])[CH3])nc2ccccc21. The Morgan fingerprint density at radius 1 is 0.646 bits per heavy atom. The van der Waals surface area contributed by atoms with Crippen LogP contribution in [0.2, 0.25) is 33.5 Å². The Labute approximate surface area is 290 Å². The second-order valence-corrected chi connectivity index (χ2v) is 35.9. The molecular weight excluding hydrogens is 706 g/mol. The summed E-state index contributed by atoms with van der Waals surface area (Å²) >= 11 is -4.36. The molecule has 0 saturated heterocycles. The molecule has 0 N–H and O–H groups in total. The summed E-state index contributed by atoms with van der Waals surface area (Å²) in [6.07, 6.45) is 0. The van der Waals surface area contributed by atoms with E-state index in [0.29, 0.717) is 11.8 Å². The van der Waals surface area contributed by atoms with Crippen LogP contribution in [0.4, 0.5) is 0 Å². The molecule has 0 amide bonds. The van der Waals surface area contributed by atoms with Gasteiger partial charge in [-0.15, -0.1) is 0 Å². The van der Waals surface area contributed by atoms with Gasteiger partial charge in [0.05, 0.1) is 0 Å². The van der Waals surface area contributed by atoms with E-state index in [9.17, 15) is 0 Å². The summed E-state index contributed by atoms with van der Waals surface area (Å²) in [5, 5.41) is 5.32. The Bertz CT molecular complexity index is 2330. The quantitative estimate of drug-likeness (QED) is 0.164. The van der Waals surface area contributed by atoms with E-state index in [2.05, 4.69) is 152 Å². The number of imidazole rings is 1. The normalized spacial score (nSPS) is 15.6. The van der Waals surface area contributed by atoms with Gasteiger partial charge in [-0.2, -0.15) is 0 Å². The van der Waals surface area contributed by atoms with E-state index in [0.717, 1.165) is 28.0 Å². The summed E-state index contributed by atoms with van der Waals surface area (Å²) < 4.78 is 13.0. The molecule has 242 valence electrons. The van der Waals surface area contributed by atoms with Crippen molar-refractivity contribution in [2.24, 2.45) is 0 Å². The van der Waals surface area contributed by atoms with Gasteiger partial charge in [0.2, 0.25) is 0 Å². The van der Waals surface area contributed by atoms with Crippen LogP contribution >= 0.6 is 0 Å². The van der Waals surface area contributed by atoms with Crippen LogP contribution < -0.4 is 8.79 Å². The first-order chi connectivity index (χ1) is 23.0. The third-order valence-corrected chi connectivity index (χ3v) is 28.4. The predicted molar refractivity (Wildman–Crippen MR) is 211 cm³/mol. The van der Waals surface area contributed by atoms with Crippen LogP contribution in [0.3, 0.4) is 0 Å². The molecule has 5 aromatic carbocycles. The van der Waals surface area contributed by atoms with Crippen molar-refractivity contribution in [1.29, 1.82) is 0 Å².